The minimum absolute atomic E-state index is 0.617. The molecule has 0 saturated carbocycles. The fourth-order valence-electron chi connectivity index (χ4n) is 1.69. The number of unbranched alkanes of at least 4 members (excludes halogenated alkanes) is 1. The highest BCUT2D eigenvalue weighted by molar-refractivity contribution is 5.45. The van der Waals surface area contributed by atoms with Crippen LogP contribution >= 0.6 is 0 Å². The highest BCUT2D eigenvalue weighted by Gasteiger charge is 2.02. The van der Waals surface area contributed by atoms with Crippen molar-refractivity contribution >= 4 is 11.5 Å². The summed E-state index contributed by atoms with van der Waals surface area (Å²) in [5, 5.41) is 7.75. The van der Waals surface area contributed by atoms with Gasteiger partial charge in [-0.25, -0.2) is 9.50 Å². The zero-order valence-electron chi connectivity index (χ0n) is 10.2. The first-order valence-electron chi connectivity index (χ1n) is 6.12. The van der Waals surface area contributed by atoms with E-state index in [0.29, 0.717) is 6.54 Å². The van der Waals surface area contributed by atoms with Gasteiger partial charge in [-0.05, 0) is 25.1 Å². The quantitative estimate of drug-likeness (QED) is 0.741. The third kappa shape index (κ3) is 2.94. The zero-order chi connectivity index (χ0) is 12.1. The van der Waals surface area contributed by atoms with Crippen LogP contribution in [0.1, 0.15) is 25.5 Å². The van der Waals surface area contributed by atoms with Gasteiger partial charge in [0.05, 0.1) is 11.9 Å². The van der Waals surface area contributed by atoms with E-state index < -0.39 is 0 Å². The SMILES string of the molecule is CCCCNc1ccc2nc(CCN)cn2n1. The number of nitrogens with one attached hydrogen (secondary N) is 1. The number of hydrogen-bond donors (Lipinski definition) is 2. The summed E-state index contributed by atoms with van der Waals surface area (Å²) in [7, 11) is 0. The molecule has 2 heterocycles. The maximum absolute atomic E-state index is 5.51. The first-order valence-corrected chi connectivity index (χ1v) is 6.12. The monoisotopic (exact) mass is 233 g/mol. The molecule has 0 unspecified atom stereocenters. The van der Waals surface area contributed by atoms with Crippen molar-refractivity contribution in [2.75, 3.05) is 18.4 Å². The second kappa shape index (κ2) is 5.63. The largest absolute Gasteiger partial charge is 0.369 e. The summed E-state index contributed by atoms with van der Waals surface area (Å²) in [6, 6.07) is 3.94. The van der Waals surface area contributed by atoms with E-state index in [1.165, 1.54) is 6.42 Å². The highest BCUT2D eigenvalue weighted by Crippen LogP contribution is 2.08. The lowest BCUT2D eigenvalue weighted by molar-refractivity contribution is 0.822. The average Bonchev–Trinajstić information content (AvgIpc) is 2.71. The third-order valence-electron chi connectivity index (χ3n) is 2.61. The lowest BCUT2D eigenvalue weighted by atomic mass is 10.3. The van der Waals surface area contributed by atoms with E-state index in [1.807, 2.05) is 18.3 Å². The van der Waals surface area contributed by atoms with Crippen molar-refractivity contribution in [1.29, 1.82) is 0 Å². The first kappa shape index (κ1) is 11.9. The number of imidazole rings is 1. The first-order chi connectivity index (χ1) is 8.33. The van der Waals surface area contributed by atoms with Gasteiger partial charge in [0.15, 0.2) is 5.65 Å². The highest BCUT2D eigenvalue weighted by atomic mass is 15.3. The fourth-order valence-corrected chi connectivity index (χ4v) is 1.69. The molecule has 5 heteroatoms. The average molecular weight is 233 g/mol. The van der Waals surface area contributed by atoms with Crippen LogP contribution in [0.15, 0.2) is 18.3 Å². The fraction of sp³-hybridized carbons (Fsp3) is 0.500. The van der Waals surface area contributed by atoms with E-state index in [4.69, 9.17) is 5.73 Å². The van der Waals surface area contributed by atoms with Crippen molar-refractivity contribution in [2.45, 2.75) is 26.2 Å². The summed E-state index contributed by atoms with van der Waals surface area (Å²) in [5.74, 6) is 0.891. The number of nitrogens with two attached hydrogens (primary N) is 1. The molecule has 0 bridgehead atoms. The van der Waals surface area contributed by atoms with Gasteiger partial charge in [0.25, 0.3) is 0 Å². The van der Waals surface area contributed by atoms with E-state index in [1.54, 1.807) is 4.52 Å². The molecule has 0 aliphatic heterocycles. The molecule has 0 aliphatic carbocycles. The molecule has 2 aromatic rings. The summed E-state index contributed by atoms with van der Waals surface area (Å²) in [4.78, 5) is 4.43. The van der Waals surface area contributed by atoms with E-state index in [0.717, 1.165) is 36.5 Å². The molecule has 5 nitrogen and oxygen atoms in total. The lowest BCUT2D eigenvalue weighted by Crippen LogP contribution is -2.04. The molecule has 0 amide bonds. The van der Waals surface area contributed by atoms with E-state index in [2.05, 4.69) is 22.3 Å². The Morgan fingerprint density at radius 3 is 3.06 bits per heavy atom. The smallest absolute Gasteiger partial charge is 0.153 e. The minimum atomic E-state index is 0.617. The number of rotatable bonds is 6. The molecule has 3 N–H and O–H groups in total. The van der Waals surface area contributed by atoms with Crippen molar-refractivity contribution in [3.63, 3.8) is 0 Å². The van der Waals surface area contributed by atoms with Crippen molar-refractivity contribution in [3.05, 3.63) is 24.0 Å². The molecule has 0 atom stereocenters. The van der Waals surface area contributed by atoms with E-state index >= 15 is 0 Å². The summed E-state index contributed by atoms with van der Waals surface area (Å²) in [5.41, 5.74) is 7.37. The number of fused-ring (bicyclic) bond motifs is 1. The van der Waals surface area contributed by atoms with Gasteiger partial charge in [0.1, 0.15) is 5.82 Å². The van der Waals surface area contributed by atoms with Crippen LogP contribution in [0.4, 0.5) is 5.82 Å². The summed E-state index contributed by atoms with van der Waals surface area (Å²) < 4.78 is 1.80. The maximum Gasteiger partial charge on any atom is 0.153 e. The summed E-state index contributed by atoms with van der Waals surface area (Å²) in [6.45, 7) is 3.75. The van der Waals surface area contributed by atoms with Crippen molar-refractivity contribution < 1.29 is 0 Å². The topological polar surface area (TPSA) is 68.2 Å². The molecule has 2 rings (SSSR count). The summed E-state index contributed by atoms with van der Waals surface area (Å²) in [6.07, 6.45) is 5.07. The Hall–Kier alpha value is -1.62. The van der Waals surface area contributed by atoms with E-state index in [9.17, 15) is 0 Å². The number of aromatic nitrogens is 3. The van der Waals surface area contributed by atoms with Gasteiger partial charge in [-0.1, -0.05) is 13.3 Å². The van der Waals surface area contributed by atoms with Crippen LogP contribution in [0, 0.1) is 0 Å². The molecule has 92 valence electrons. The Bertz CT molecular complexity index is 477. The van der Waals surface area contributed by atoms with Crippen LogP contribution in [0.25, 0.3) is 5.65 Å². The normalized spacial score (nSPS) is 10.9. The summed E-state index contributed by atoms with van der Waals surface area (Å²) >= 11 is 0. The van der Waals surface area contributed by atoms with Gasteiger partial charge >= 0.3 is 0 Å². The number of nitrogens with zero attached hydrogens (tertiary/aromatic N) is 3. The Labute approximate surface area is 101 Å². The van der Waals surface area contributed by atoms with Crippen molar-refractivity contribution in [3.8, 4) is 0 Å². The van der Waals surface area contributed by atoms with Gasteiger partial charge in [-0.2, -0.15) is 0 Å². The minimum Gasteiger partial charge on any atom is -0.369 e. The van der Waals surface area contributed by atoms with Crippen LogP contribution in [0.2, 0.25) is 0 Å². The Morgan fingerprint density at radius 1 is 1.41 bits per heavy atom. The lowest BCUT2D eigenvalue weighted by Gasteiger charge is -2.03. The molecular weight excluding hydrogens is 214 g/mol. The number of anilines is 1. The molecule has 2 aromatic heterocycles. The molecule has 17 heavy (non-hydrogen) atoms. The van der Waals surface area contributed by atoms with Gasteiger partial charge in [-0.15, -0.1) is 5.10 Å². The maximum atomic E-state index is 5.51. The van der Waals surface area contributed by atoms with Crippen LogP contribution in [0.5, 0.6) is 0 Å². The van der Waals surface area contributed by atoms with Gasteiger partial charge in [0, 0.05) is 13.0 Å². The van der Waals surface area contributed by atoms with Crippen LogP contribution < -0.4 is 11.1 Å². The van der Waals surface area contributed by atoms with Crippen LogP contribution in [0.3, 0.4) is 0 Å². The second-order valence-electron chi connectivity index (χ2n) is 4.07. The second-order valence-corrected chi connectivity index (χ2v) is 4.07. The predicted molar refractivity (Wildman–Crippen MR) is 69.1 cm³/mol. The zero-order valence-corrected chi connectivity index (χ0v) is 10.2. The third-order valence-corrected chi connectivity index (χ3v) is 2.61. The van der Waals surface area contributed by atoms with Crippen molar-refractivity contribution in [1.82, 2.24) is 14.6 Å². The van der Waals surface area contributed by atoms with Gasteiger partial charge in [0.2, 0.25) is 0 Å². The molecule has 0 radical (unpaired) electrons. The van der Waals surface area contributed by atoms with E-state index in [-0.39, 0.29) is 0 Å². The van der Waals surface area contributed by atoms with Crippen LogP contribution in [-0.2, 0) is 6.42 Å². The van der Waals surface area contributed by atoms with Crippen LogP contribution in [-0.4, -0.2) is 27.7 Å². The molecule has 0 spiro atoms. The predicted octanol–water partition coefficient (Wildman–Crippen LogP) is 1.44. The molecule has 0 saturated heterocycles. The molecule has 0 aliphatic rings. The Kier molecular flexibility index (Phi) is 3.93. The molecular formula is C12H19N5. The Morgan fingerprint density at radius 2 is 2.29 bits per heavy atom. The molecule has 0 fully saturated rings. The molecule has 0 aromatic carbocycles. The Balaban J connectivity index is 2.12. The number of hydrogen-bond acceptors (Lipinski definition) is 4. The van der Waals surface area contributed by atoms with Gasteiger partial charge in [-0.3, -0.25) is 0 Å². The van der Waals surface area contributed by atoms with Crippen molar-refractivity contribution in [2.24, 2.45) is 5.73 Å². The standard InChI is InChI=1S/C12H19N5/c1-2-3-8-14-11-4-5-12-15-10(6-7-13)9-17(12)16-11/h4-5,9H,2-3,6-8,13H2,1H3,(H,14,16). The van der Waals surface area contributed by atoms with Gasteiger partial charge < -0.3 is 11.1 Å².